The summed E-state index contributed by atoms with van der Waals surface area (Å²) in [5.74, 6) is -2.00. The third-order valence-electron chi connectivity index (χ3n) is 2.97. The minimum Gasteiger partial charge on any atom is -0.298 e. The Hall–Kier alpha value is -0.510. The number of Topliss-reactive ketones (excluding diaryl/α,β-unsaturated/α-hetero) is 3. The van der Waals surface area contributed by atoms with Gasteiger partial charge in [0.05, 0.1) is 5.33 Å². The molecule has 0 aromatic carbocycles. The van der Waals surface area contributed by atoms with Crippen molar-refractivity contribution in [2.24, 2.45) is 17.3 Å². The lowest BCUT2D eigenvalue weighted by Gasteiger charge is -2.35. The maximum Gasteiger partial charge on any atom is 0.161 e. The van der Waals surface area contributed by atoms with Gasteiger partial charge >= 0.3 is 0 Å². The van der Waals surface area contributed by atoms with Crippen LogP contribution in [-0.4, -0.2) is 22.7 Å². The van der Waals surface area contributed by atoms with Crippen LogP contribution in [0.4, 0.5) is 0 Å². The van der Waals surface area contributed by atoms with Crippen LogP contribution in [-0.2, 0) is 14.4 Å². The molecular weight excluding hydrogens is 260 g/mol. The molecule has 4 heteroatoms. The third kappa shape index (κ3) is 2.19. The molecule has 1 aliphatic rings. The average molecular weight is 275 g/mol. The molecule has 0 spiro atoms. The van der Waals surface area contributed by atoms with Crippen molar-refractivity contribution in [1.82, 2.24) is 0 Å². The first kappa shape index (κ1) is 12.6. The highest BCUT2D eigenvalue weighted by molar-refractivity contribution is 9.09. The van der Waals surface area contributed by atoms with E-state index in [2.05, 4.69) is 15.9 Å². The Morgan fingerprint density at radius 3 is 2.47 bits per heavy atom. The molecule has 0 saturated heterocycles. The Bertz CT molecular complexity index is 320. The summed E-state index contributed by atoms with van der Waals surface area (Å²) in [5.41, 5.74) is -0.560. The lowest BCUT2D eigenvalue weighted by Crippen LogP contribution is -2.48. The first-order chi connectivity index (χ1) is 6.81. The summed E-state index contributed by atoms with van der Waals surface area (Å²) < 4.78 is 0. The Morgan fingerprint density at radius 1 is 1.47 bits per heavy atom. The van der Waals surface area contributed by atoms with Crippen LogP contribution < -0.4 is 0 Å². The van der Waals surface area contributed by atoms with Gasteiger partial charge in [-0.2, -0.15) is 0 Å². The molecule has 0 amide bonds. The van der Waals surface area contributed by atoms with Gasteiger partial charge in [-0.3, -0.25) is 14.4 Å². The highest BCUT2D eigenvalue weighted by Gasteiger charge is 2.48. The highest BCUT2D eigenvalue weighted by atomic mass is 79.9. The van der Waals surface area contributed by atoms with E-state index < -0.39 is 11.3 Å². The number of ketones is 3. The van der Waals surface area contributed by atoms with Crippen LogP contribution in [0, 0.1) is 17.3 Å². The molecule has 0 aliphatic heterocycles. The lowest BCUT2D eigenvalue weighted by molar-refractivity contribution is -0.149. The molecule has 1 saturated carbocycles. The number of carbonyl (C=O) groups excluding carboxylic acids is 3. The fourth-order valence-electron chi connectivity index (χ4n) is 2.15. The molecule has 0 bridgehead atoms. The molecule has 1 aliphatic carbocycles. The zero-order valence-corrected chi connectivity index (χ0v) is 10.8. The summed E-state index contributed by atoms with van der Waals surface area (Å²) in [5, 5.41) is 0.0674. The fourth-order valence-corrected chi connectivity index (χ4v) is 2.48. The van der Waals surface area contributed by atoms with Gasteiger partial charge in [0.1, 0.15) is 5.92 Å². The fraction of sp³-hybridized carbons (Fsp3) is 0.727. The predicted octanol–water partition coefficient (Wildman–Crippen LogP) is 1.77. The van der Waals surface area contributed by atoms with Gasteiger partial charge in [0.25, 0.3) is 0 Å². The summed E-state index contributed by atoms with van der Waals surface area (Å²) in [7, 11) is 0. The number of hydrogen-bond donors (Lipinski definition) is 0. The van der Waals surface area contributed by atoms with Gasteiger partial charge in [0, 0.05) is 11.3 Å². The molecule has 2 atom stereocenters. The molecule has 3 nitrogen and oxygen atoms in total. The molecule has 15 heavy (non-hydrogen) atoms. The zero-order chi connectivity index (χ0) is 11.8. The van der Waals surface area contributed by atoms with E-state index in [-0.39, 0.29) is 28.6 Å². The second-order valence-electron chi connectivity index (χ2n) is 4.79. The van der Waals surface area contributed by atoms with Crippen LogP contribution in [0.1, 0.15) is 27.2 Å². The third-order valence-corrected chi connectivity index (χ3v) is 3.52. The SMILES string of the molecule is CC1CC(C)(C)C(=O)C(C(=O)CBr)C1=O. The minimum absolute atomic E-state index is 0.0674. The van der Waals surface area contributed by atoms with E-state index in [1.165, 1.54) is 0 Å². The van der Waals surface area contributed by atoms with E-state index in [1.807, 2.05) is 0 Å². The first-order valence-electron chi connectivity index (χ1n) is 4.98. The van der Waals surface area contributed by atoms with E-state index in [4.69, 9.17) is 0 Å². The van der Waals surface area contributed by atoms with Gasteiger partial charge in [-0.15, -0.1) is 0 Å². The molecule has 0 N–H and O–H groups in total. The molecular formula is C11H15BrO3. The van der Waals surface area contributed by atoms with Crippen molar-refractivity contribution in [3.05, 3.63) is 0 Å². The summed E-state index contributed by atoms with van der Waals surface area (Å²) in [6.07, 6.45) is 0.538. The quantitative estimate of drug-likeness (QED) is 0.570. The number of hydrogen-bond acceptors (Lipinski definition) is 3. The topological polar surface area (TPSA) is 51.2 Å². The van der Waals surface area contributed by atoms with Gasteiger partial charge in [-0.1, -0.05) is 36.7 Å². The first-order valence-corrected chi connectivity index (χ1v) is 6.10. The van der Waals surface area contributed by atoms with Crippen molar-refractivity contribution >= 4 is 33.3 Å². The molecule has 0 radical (unpaired) electrons. The van der Waals surface area contributed by atoms with Gasteiger partial charge in [-0.25, -0.2) is 0 Å². The zero-order valence-electron chi connectivity index (χ0n) is 9.17. The molecule has 0 aromatic heterocycles. The van der Waals surface area contributed by atoms with Gasteiger partial charge in [-0.05, 0) is 6.42 Å². The smallest absolute Gasteiger partial charge is 0.161 e. The van der Waals surface area contributed by atoms with Crippen molar-refractivity contribution in [3.8, 4) is 0 Å². The number of rotatable bonds is 2. The van der Waals surface area contributed by atoms with E-state index in [0.29, 0.717) is 6.42 Å². The summed E-state index contributed by atoms with van der Waals surface area (Å²) in [6, 6.07) is 0. The van der Waals surface area contributed by atoms with Crippen molar-refractivity contribution in [2.75, 3.05) is 5.33 Å². The maximum atomic E-state index is 11.9. The Labute approximate surface area is 97.7 Å². The number of alkyl halides is 1. The van der Waals surface area contributed by atoms with Crippen LogP contribution in [0.3, 0.4) is 0 Å². The Kier molecular flexibility index (Phi) is 3.48. The highest BCUT2D eigenvalue weighted by Crippen LogP contribution is 2.37. The van der Waals surface area contributed by atoms with Crippen LogP contribution in [0.25, 0.3) is 0 Å². The normalized spacial score (nSPS) is 30.4. The molecule has 84 valence electrons. The average Bonchev–Trinajstić information content (AvgIpc) is 2.14. The van der Waals surface area contributed by atoms with E-state index in [1.54, 1.807) is 20.8 Å². The Balaban J connectivity index is 3.06. The molecule has 0 aromatic rings. The molecule has 2 unspecified atom stereocenters. The van der Waals surface area contributed by atoms with Gasteiger partial charge in [0.2, 0.25) is 0 Å². The van der Waals surface area contributed by atoms with E-state index in [0.717, 1.165) is 0 Å². The van der Waals surface area contributed by atoms with Crippen molar-refractivity contribution in [1.29, 1.82) is 0 Å². The number of carbonyl (C=O) groups is 3. The summed E-state index contributed by atoms with van der Waals surface area (Å²) in [4.78, 5) is 35.2. The van der Waals surface area contributed by atoms with E-state index >= 15 is 0 Å². The number of halogens is 1. The summed E-state index contributed by atoms with van der Waals surface area (Å²) >= 11 is 3.01. The van der Waals surface area contributed by atoms with Crippen molar-refractivity contribution < 1.29 is 14.4 Å². The second kappa shape index (κ2) is 4.16. The lowest BCUT2D eigenvalue weighted by atomic mass is 9.65. The molecule has 0 heterocycles. The van der Waals surface area contributed by atoms with E-state index in [9.17, 15) is 14.4 Å². The van der Waals surface area contributed by atoms with Gasteiger partial charge < -0.3 is 0 Å². The standard InChI is InChI=1S/C11H15BrO3/c1-6-4-11(2,3)10(15)8(9(6)14)7(13)5-12/h6,8H,4-5H2,1-3H3. The Morgan fingerprint density at radius 2 is 2.00 bits per heavy atom. The minimum atomic E-state index is -1.04. The van der Waals surface area contributed by atoms with Crippen molar-refractivity contribution in [3.63, 3.8) is 0 Å². The summed E-state index contributed by atoms with van der Waals surface area (Å²) in [6.45, 7) is 5.38. The molecule has 1 fully saturated rings. The van der Waals surface area contributed by atoms with Crippen LogP contribution in [0.15, 0.2) is 0 Å². The van der Waals surface area contributed by atoms with Crippen LogP contribution in [0.5, 0.6) is 0 Å². The maximum absolute atomic E-state index is 11.9. The predicted molar refractivity (Wildman–Crippen MR) is 59.9 cm³/mol. The largest absolute Gasteiger partial charge is 0.298 e. The second-order valence-corrected chi connectivity index (χ2v) is 5.35. The molecule has 1 rings (SSSR count). The van der Waals surface area contributed by atoms with Crippen LogP contribution in [0.2, 0.25) is 0 Å². The van der Waals surface area contributed by atoms with Crippen molar-refractivity contribution in [2.45, 2.75) is 27.2 Å². The van der Waals surface area contributed by atoms with Crippen LogP contribution >= 0.6 is 15.9 Å². The monoisotopic (exact) mass is 274 g/mol. The van der Waals surface area contributed by atoms with Gasteiger partial charge in [0.15, 0.2) is 17.3 Å².